The van der Waals surface area contributed by atoms with Gasteiger partial charge in [0, 0.05) is 18.9 Å². The third-order valence-electron chi connectivity index (χ3n) is 5.51. The Morgan fingerprint density at radius 1 is 1.13 bits per heavy atom. The van der Waals surface area contributed by atoms with E-state index in [9.17, 15) is 10.1 Å². The van der Waals surface area contributed by atoms with Crippen LogP contribution in [0.2, 0.25) is 0 Å². The van der Waals surface area contributed by atoms with Crippen LogP contribution in [0.5, 0.6) is 11.5 Å². The van der Waals surface area contributed by atoms with Gasteiger partial charge in [0.25, 0.3) is 0 Å². The molecule has 1 saturated heterocycles. The Balaban J connectivity index is 1.52. The molecule has 0 aliphatic carbocycles. The van der Waals surface area contributed by atoms with Crippen LogP contribution in [0.15, 0.2) is 59.1 Å². The van der Waals surface area contributed by atoms with Crippen LogP contribution in [-0.2, 0) is 11.3 Å². The van der Waals surface area contributed by atoms with Crippen LogP contribution in [-0.4, -0.2) is 42.0 Å². The number of fused-ring (bicyclic) bond motifs is 1. The summed E-state index contributed by atoms with van der Waals surface area (Å²) in [6.07, 6.45) is 0.303. The first kappa shape index (κ1) is 21.3. The van der Waals surface area contributed by atoms with Gasteiger partial charge in [-0.3, -0.25) is 14.6 Å². The first-order valence-electron chi connectivity index (χ1n) is 10.3. The lowest BCUT2D eigenvalue weighted by molar-refractivity contribution is -0.131. The molecule has 2 aliphatic rings. The summed E-state index contributed by atoms with van der Waals surface area (Å²) in [5.74, 6) is 2.20. The van der Waals surface area contributed by atoms with E-state index in [4.69, 9.17) is 9.47 Å². The molecule has 0 spiro atoms. The quantitative estimate of drug-likeness (QED) is 0.674. The second-order valence-corrected chi connectivity index (χ2v) is 8.44. The Kier molecular flexibility index (Phi) is 6.50. The summed E-state index contributed by atoms with van der Waals surface area (Å²) >= 11 is 1.57. The first-order chi connectivity index (χ1) is 15.1. The van der Waals surface area contributed by atoms with Gasteiger partial charge < -0.3 is 9.47 Å². The molecule has 160 valence electrons. The molecule has 0 saturated carbocycles. The van der Waals surface area contributed by atoms with Crippen LogP contribution >= 0.6 is 11.8 Å². The fourth-order valence-corrected chi connectivity index (χ4v) is 5.08. The number of ether oxygens (including phenoxy) is 2. The monoisotopic (exact) mass is 435 g/mol. The molecule has 7 heteroatoms. The van der Waals surface area contributed by atoms with Crippen LogP contribution < -0.4 is 9.47 Å². The second kappa shape index (κ2) is 9.46. The van der Waals surface area contributed by atoms with Crippen molar-refractivity contribution < 1.29 is 14.3 Å². The Hall–Kier alpha value is -2.95. The molecule has 6 nitrogen and oxygen atoms in total. The highest BCUT2D eigenvalue weighted by Gasteiger charge is 2.38. The minimum atomic E-state index is -0.208. The molecule has 1 fully saturated rings. The summed E-state index contributed by atoms with van der Waals surface area (Å²) in [5, 5.41) is 10.7. The molecule has 0 N–H and O–H groups in total. The number of nitrogens with zero attached hydrogens (tertiary/aromatic N) is 3. The smallest absolute Gasteiger partial charge is 0.229 e. The van der Waals surface area contributed by atoms with Gasteiger partial charge in [-0.1, -0.05) is 36.0 Å². The molecule has 0 unspecified atom stereocenters. The summed E-state index contributed by atoms with van der Waals surface area (Å²) in [7, 11) is 1.65. The number of hydrogen-bond donors (Lipinski definition) is 0. The minimum Gasteiger partial charge on any atom is -0.497 e. The van der Waals surface area contributed by atoms with Crippen molar-refractivity contribution in [3.8, 4) is 17.6 Å². The van der Waals surface area contributed by atoms with E-state index in [1.165, 1.54) is 0 Å². The molecule has 1 amide bonds. The third kappa shape index (κ3) is 4.55. The lowest BCUT2D eigenvalue weighted by Crippen LogP contribution is -2.46. The van der Waals surface area contributed by atoms with Gasteiger partial charge in [-0.15, -0.1) is 0 Å². The molecule has 4 rings (SSSR count). The highest BCUT2D eigenvalue weighted by Crippen LogP contribution is 2.42. The van der Waals surface area contributed by atoms with Gasteiger partial charge in [0.15, 0.2) is 0 Å². The number of benzene rings is 2. The Morgan fingerprint density at radius 2 is 1.84 bits per heavy atom. The number of nitriles is 1. The van der Waals surface area contributed by atoms with Gasteiger partial charge in [0.05, 0.1) is 42.9 Å². The van der Waals surface area contributed by atoms with Gasteiger partial charge >= 0.3 is 0 Å². The SMILES string of the molecule is CCOc1ccc([C@@H]2CC(=O)N3CN(Cc4ccc(OC)cc4)CSC3=C2C#N)cc1. The molecule has 2 heterocycles. The maximum absolute atomic E-state index is 13.0. The van der Waals surface area contributed by atoms with E-state index in [2.05, 4.69) is 11.0 Å². The molecule has 2 aromatic rings. The van der Waals surface area contributed by atoms with E-state index in [0.29, 0.717) is 25.3 Å². The molecule has 2 aromatic carbocycles. The van der Waals surface area contributed by atoms with Gasteiger partial charge in [0.2, 0.25) is 5.91 Å². The van der Waals surface area contributed by atoms with Crippen molar-refractivity contribution in [2.24, 2.45) is 0 Å². The molecule has 0 aromatic heterocycles. The average Bonchev–Trinajstić information content (AvgIpc) is 2.80. The Labute approximate surface area is 187 Å². The van der Waals surface area contributed by atoms with E-state index in [-0.39, 0.29) is 11.8 Å². The zero-order valence-electron chi connectivity index (χ0n) is 17.7. The fourth-order valence-electron chi connectivity index (χ4n) is 3.94. The van der Waals surface area contributed by atoms with Crippen LogP contribution in [0.3, 0.4) is 0 Å². The number of carbonyl (C=O) groups excluding carboxylic acids is 1. The highest BCUT2D eigenvalue weighted by atomic mass is 32.2. The van der Waals surface area contributed by atoms with Crippen LogP contribution in [0, 0.1) is 11.3 Å². The maximum atomic E-state index is 13.0. The Morgan fingerprint density at radius 3 is 2.48 bits per heavy atom. The van der Waals surface area contributed by atoms with Crippen molar-refractivity contribution in [1.82, 2.24) is 9.80 Å². The van der Waals surface area contributed by atoms with E-state index in [0.717, 1.165) is 40.1 Å². The van der Waals surface area contributed by atoms with Gasteiger partial charge in [0.1, 0.15) is 11.5 Å². The van der Waals surface area contributed by atoms with Gasteiger partial charge in [-0.05, 0) is 42.3 Å². The van der Waals surface area contributed by atoms with Crippen molar-refractivity contribution in [2.45, 2.75) is 25.8 Å². The van der Waals surface area contributed by atoms with E-state index < -0.39 is 0 Å². The summed E-state index contributed by atoms with van der Waals surface area (Å²) < 4.78 is 10.7. The number of carbonyl (C=O) groups is 1. The van der Waals surface area contributed by atoms with Crippen molar-refractivity contribution >= 4 is 17.7 Å². The molecule has 1 atom stereocenters. The lowest BCUT2D eigenvalue weighted by Gasteiger charge is -2.41. The molecule has 0 radical (unpaired) electrons. The summed E-state index contributed by atoms with van der Waals surface area (Å²) in [4.78, 5) is 17.0. The molecular weight excluding hydrogens is 410 g/mol. The predicted octanol–water partition coefficient (Wildman–Crippen LogP) is 4.31. The zero-order valence-corrected chi connectivity index (χ0v) is 18.5. The summed E-state index contributed by atoms with van der Waals surface area (Å²) in [6.45, 7) is 3.78. The topological polar surface area (TPSA) is 65.8 Å². The van der Waals surface area contributed by atoms with Crippen LogP contribution in [0.4, 0.5) is 0 Å². The molecular formula is C24H25N3O3S. The first-order valence-corrected chi connectivity index (χ1v) is 11.3. The number of amides is 1. The predicted molar refractivity (Wildman–Crippen MR) is 120 cm³/mol. The largest absolute Gasteiger partial charge is 0.497 e. The highest BCUT2D eigenvalue weighted by molar-refractivity contribution is 8.03. The number of hydrogen-bond acceptors (Lipinski definition) is 6. The maximum Gasteiger partial charge on any atom is 0.229 e. The summed E-state index contributed by atoms with van der Waals surface area (Å²) in [6, 6.07) is 18.1. The van der Waals surface area contributed by atoms with Crippen molar-refractivity contribution in [3.63, 3.8) is 0 Å². The standard InChI is InChI=1S/C24H25N3O3S/c1-3-30-20-10-6-18(7-11-20)21-12-23(28)27-15-26(16-31-24(27)22(21)13-25)14-17-4-8-19(29-2)9-5-17/h4-11,21H,3,12,14-16H2,1-2H3/t21-/m0/s1. The molecule has 0 bridgehead atoms. The van der Waals surface area contributed by atoms with Crippen LogP contribution in [0.1, 0.15) is 30.4 Å². The zero-order chi connectivity index (χ0) is 21.8. The van der Waals surface area contributed by atoms with Gasteiger partial charge in [-0.25, -0.2) is 0 Å². The van der Waals surface area contributed by atoms with Crippen molar-refractivity contribution in [2.75, 3.05) is 26.3 Å². The molecule has 31 heavy (non-hydrogen) atoms. The fraction of sp³-hybridized carbons (Fsp3) is 0.333. The van der Waals surface area contributed by atoms with E-state index >= 15 is 0 Å². The number of rotatable bonds is 6. The number of allylic oxidation sites excluding steroid dienone is 1. The second-order valence-electron chi connectivity index (χ2n) is 7.50. The van der Waals surface area contributed by atoms with Gasteiger partial charge in [-0.2, -0.15) is 5.26 Å². The Bertz CT molecular complexity index is 1010. The average molecular weight is 436 g/mol. The van der Waals surface area contributed by atoms with Crippen molar-refractivity contribution in [1.29, 1.82) is 5.26 Å². The van der Waals surface area contributed by atoms with Crippen LogP contribution in [0.25, 0.3) is 0 Å². The lowest BCUT2D eigenvalue weighted by atomic mass is 9.86. The number of methoxy groups -OCH3 is 1. The third-order valence-corrected chi connectivity index (χ3v) is 6.72. The van der Waals surface area contributed by atoms with Crippen molar-refractivity contribution in [3.05, 3.63) is 70.3 Å². The summed E-state index contributed by atoms with van der Waals surface area (Å²) in [5.41, 5.74) is 2.81. The van der Waals surface area contributed by atoms with E-state index in [1.807, 2.05) is 55.5 Å². The molecule has 2 aliphatic heterocycles. The normalized spacial score (nSPS) is 19.1. The van der Waals surface area contributed by atoms with E-state index in [1.54, 1.807) is 23.8 Å². The number of thioether (sulfide) groups is 1. The minimum absolute atomic E-state index is 0.0554.